The summed E-state index contributed by atoms with van der Waals surface area (Å²) in [6.07, 6.45) is 12.3. The van der Waals surface area contributed by atoms with Crippen molar-refractivity contribution in [2.24, 2.45) is 11.3 Å². The predicted molar refractivity (Wildman–Crippen MR) is 57.6 cm³/mol. The summed E-state index contributed by atoms with van der Waals surface area (Å²) in [6.45, 7) is 0. The van der Waals surface area contributed by atoms with Crippen molar-refractivity contribution in [2.75, 3.05) is 0 Å². The van der Waals surface area contributed by atoms with Crippen LogP contribution in [0.4, 0.5) is 0 Å². The molecule has 0 radical (unpaired) electrons. The molecule has 0 heterocycles. The summed E-state index contributed by atoms with van der Waals surface area (Å²) >= 11 is 0. The third kappa shape index (κ3) is 1.29. The quantitative estimate of drug-likeness (QED) is 0.699. The van der Waals surface area contributed by atoms with Gasteiger partial charge in [-0.15, -0.1) is 6.42 Å². The Morgan fingerprint density at radius 1 is 1.27 bits per heavy atom. The highest BCUT2D eigenvalue weighted by molar-refractivity contribution is 5.28. The van der Waals surface area contributed by atoms with Crippen LogP contribution in [0.25, 0.3) is 0 Å². The maximum Gasteiger partial charge on any atom is 0.146 e. The van der Waals surface area contributed by atoms with Crippen LogP contribution in [-0.4, -0.2) is 10.7 Å². The fourth-order valence-corrected chi connectivity index (χ4v) is 3.10. The molecule has 2 fully saturated rings. The summed E-state index contributed by atoms with van der Waals surface area (Å²) in [5.74, 6) is 2.69. The first-order valence-electron chi connectivity index (χ1n) is 5.80. The number of terminal acetylenes is 1. The van der Waals surface area contributed by atoms with E-state index in [0.29, 0.717) is 0 Å². The average Bonchev–Trinajstić information content (AvgIpc) is 2.69. The largest absolute Gasteiger partial charge is 0.376 e. The number of hydrogen-bond acceptors (Lipinski definition) is 2. The van der Waals surface area contributed by atoms with E-state index in [9.17, 15) is 10.4 Å². The molecule has 2 nitrogen and oxygen atoms in total. The van der Waals surface area contributed by atoms with Crippen molar-refractivity contribution < 1.29 is 5.11 Å². The van der Waals surface area contributed by atoms with Crippen molar-refractivity contribution in [3.63, 3.8) is 0 Å². The van der Waals surface area contributed by atoms with Gasteiger partial charge in [0.2, 0.25) is 0 Å². The Bertz CT molecular complexity index is 325. The van der Waals surface area contributed by atoms with Crippen molar-refractivity contribution in [1.82, 2.24) is 0 Å². The van der Waals surface area contributed by atoms with Gasteiger partial charge in [0.25, 0.3) is 0 Å². The molecule has 15 heavy (non-hydrogen) atoms. The average molecular weight is 203 g/mol. The monoisotopic (exact) mass is 203 g/mol. The lowest BCUT2D eigenvalue weighted by molar-refractivity contribution is -0.0872. The molecule has 0 bridgehead atoms. The van der Waals surface area contributed by atoms with Gasteiger partial charge >= 0.3 is 0 Å². The first kappa shape index (κ1) is 10.5. The minimum absolute atomic E-state index is 0.141. The van der Waals surface area contributed by atoms with Crippen LogP contribution in [0.1, 0.15) is 44.9 Å². The fraction of sp³-hybridized carbons (Fsp3) is 0.769. The lowest BCUT2D eigenvalue weighted by atomic mass is 9.56. The molecule has 0 aromatic rings. The smallest absolute Gasteiger partial charge is 0.146 e. The van der Waals surface area contributed by atoms with Crippen LogP contribution in [0.2, 0.25) is 0 Å². The Balaban J connectivity index is 2.28. The zero-order valence-corrected chi connectivity index (χ0v) is 9.00. The van der Waals surface area contributed by atoms with E-state index in [-0.39, 0.29) is 5.92 Å². The molecule has 2 aliphatic carbocycles. The second-order valence-corrected chi connectivity index (χ2v) is 4.94. The lowest BCUT2D eigenvalue weighted by Gasteiger charge is -2.48. The maximum atomic E-state index is 10.6. The van der Waals surface area contributed by atoms with E-state index in [4.69, 9.17) is 6.42 Å². The predicted octanol–water partition coefficient (Wildman–Crippen LogP) is 2.23. The molecule has 0 aromatic heterocycles. The molecule has 0 spiro atoms. The highest BCUT2D eigenvalue weighted by Gasteiger charge is 2.57. The van der Waals surface area contributed by atoms with Gasteiger partial charge in [0.15, 0.2) is 0 Å². The van der Waals surface area contributed by atoms with E-state index < -0.39 is 11.0 Å². The molecule has 1 N–H and O–H groups in total. The van der Waals surface area contributed by atoms with Gasteiger partial charge < -0.3 is 5.11 Å². The summed E-state index contributed by atoms with van der Waals surface area (Å²) < 4.78 is 0. The zero-order chi connectivity index (χ0) is 10.9. The Hall–Kier alpha value is -0.990. The molecule has 80 valence electrons. The minimum atomic E-state index is -1.17. The molecule has 0 aromatic carbocycles. The molecular weight excluding hydrogens is 186 g/mol. The summed E-state index contributed by atoms with van der Waals surface area (Å²) in [7, 11) is 0. The van der Waals surface area contributed by atoms with Gasteiger partial charge in [0.05, 0.1) is 11.5 Å². The highest BCUT2D eigenvalue weighted by atomic mass is 16.3. The van der Waals surface area contributed by atoms with Crippen LogP contribution in [0.5, 0.6) is 0 Å². The SMILES string of the molecule is C#C[C@](O)(C1CCCC1)C1(C#N)CCC1. The van der Waals surface area contributed by atoms with E-state index >= 15 is 0 Å². The van der Waals surface area contributed by atoms with Crippen LogP contribution >= 0.6 is 0 Å². The van der Waals surface area contributed by atoms with E-state index in [1.54, 1.807) is 0 Å². The van der Waals surface area contributed by atoms with Gasteiger partial charge in [0.1, 0.15) is 5.60 Å². The van der Waals surface area contributed by atoms with Crippen molar-refractivity contribution in [3.05, 3.63) is 0 Å². The van der Waals surface area contributed by atoms with Gasteiger partial charge in [-0.2, -0.15) is 5.26 Å². The highest BCUT2D eigenvalue weighted by Crippen LogP contribution is 2.54. The van der Waals surface area contributed by atoms with E-state index in [0.717, 1.165) is 44.9 Å². The molecule has 0 unspecified atom stereocenters. The van der Waals surface area contributed by atoms with Crippen molar-refractivity contribution >= 4 is 0 Å². The second-order valence-electron chi connectivity index (χ2n) is 4.94. The third-order valence-corrected chi connectivity index (χ3v) is 4.32. The minimum Gasteiger partial charge on any atom is -0.376 e. The van der Waals surface area contributed by atoms with Gasteiger partial charge in [0, 0.05) is 5.92 Å². The number of nitrogens with zero attached hydrogens (tertiary/aromatic N) is 1. The number of hydrogen-bond donors (Lipinski definition) is 1. The molecule has 2 heteroatoms. The molecule has 0 aliphatic heterocycles. The van der Waals surface area contributed by atoms with Gasteiger partial charge in [-0.05, 0) is 32.1 Å². The summed E-state index contributed by atoms with van der Waals surface area (Å²) in [6, 6.07) is 2.29. The molecular formula is C13H17NO. The molecule has 1 atom stereocenters. The normalized spacial score (nSPS) is 28.5. The van der Waals surface area contributed by atoms with Gasteiger partial charge in [-0.1, -0.05) is 18.8 Å². The van der Waals surface area contributed by atoms with E-state index in [2.05, 4.69) is 12.0 Å². The first-order valence-corrected chi connectivity index (χ1v) is 5.80. The summed E-state index contributed by atoms with van der Waals surface area (Å²) in [5, 5.41) is 19.9. The van der Waals surface area contributed by atoms with Crippen LogP contribution in [0, 0.1) is 35.0 Å². The van der Waals surface area contributed by atoms with E-state index in [1.807, 2.05) is 0 Å². The maximum absolute atomic E-state index is 10.6. The standard InChI is InChI=1S/C13H17NO/c1-2-13(15,11-6-3-4-7-11)12(10-14)8-5-9-12/h1,11,15H,3-9H2/t13-/m0/s1. The van der Waals surface area contributed by atoms with E-state index in [1.165, 1.54) is 0 Å². The third-order valence-electron chi connectivity index (χ3n) is 4.32. The number of rotatable bonds is 2. The second kappa shape index (κ2) is 3.54. The molecule has 0 saturated heterocycles. The van der Waals surface area contributed by atoms with Crippen molar-refractivity contribution in [3.8, 4) is 18.4 Å². The molecule has 2 aliphatic rings. The van der Waals surface area contributed by atoms with Crippen LogP contribution in [0.3, 0.4) is 0 Å². The Morgan fingerprint density at radius 3 is 2.20 bits per heavy atom. The number of nitriles is 1. The summed E-state index contributed by atoms with van der Waals surface area (Å²) in [5.41, 5.74) is -1.81. The molecule has 2 rings (SSSR count). The Kier molecular flexibility index (Phi) is 2.49. The molecule has 0 amide bonds. The van der Waals surface area contributed by atoms with Crippen molar-refractivity contribution in [1.29, 1.82) is 5.26 Å². The van der Waals surface area contributed by atoms with Gasteiger partial charge in [-0.3, -0.25) is 0 Å². The summed E-state index contributed by atoms with van der Waals surface area (Å²) in [4.78, 5) is 0. The Morgan fingerprint density at radius 2 is 1.87 bits per heavy atom. The van der Waals surface area contributed by atoms with Gasteiger partial charge in [-0.25, -0.2) is 0 Å². The lowest BCUT2D eigenvalue weighted by Crippen LogP contribution is -2.55. The zero-order valence-electron chi connectivity index (χ0n) is 9.00. The Labute approximate surface area is 91.3 Å². The van der Waals surface area contributed by atoms with Crippen molar-refractivity contribution in [2.45, 2.75) is 50.5 Å². The first-order chi connectivity index (χ1) is 7.18. The molecule has 2 saturated carbocycles. The van der Waals surface area contributed by atoms with Crippen LogP contribution in [-0.2, 0) is 0 Å². The topological polar surface area (TPSA) is 44.0 Å². The number of aliphatic hydroxyl groups is 1. The van der Waals surface area contributed by atoms with Crippen LogP contribution < -0.4 is 0 Å². The van der Waals surface area contributed by atoms with Crippen LogP contribution in [0.15, 0.2) is 0 Å². The fourth-order valence-electron chi connectivity index (χ4n) is 3.10.